The molecule has 0 aromatic carbocycles. The standard InChI is InChI=1S/C9H21O5P/c1-6-13-15(11,14-7-2)8(12-5)9(3,4)10/h8,10H,6-7H2,1-5H3. The van der Waals surface area contributed by atoms with Crippen LogP contribution in [0.25, 0.3) is 0 Å². The summed E-state index contributed by atoms with van der Waals surface area (Å²) in [5.41, 5.74) is -1.28. The Balaban J connectivity index is 4.94. The number of hydrogen-bond acceptors (Lipinski definition) is 5. The number of methoxy groups -OCH3 is 1. The van der Waals surface area contributed by atoms with Crippen molar-refractivity contribution in [2.45, 2.75) is 39.1 Å². The van der Waals surface area contributed by atoms with Crippen LogP contribution in [0, 0.1) is 0 Å². The molecular formula is C9H21O5P. The first kappa shape index (κ1) is 15.1. The Bertz CT molecular complexity index is 213. The molecule has 1 N–H and O–H groups in total. The molecule has 1 atom stereocenters. The Morgan fingerprint density at radius 2 is 1.67 bits per heavy atom. The molecule has 1 unspecified atom stereocenters. The molecule has 6 heteroatoms. The van der Waals surface area contributed by atoms with E-state index in [0.717, 1.165) is 0 Å². The van der Waals surface area contributed by atoms with Gasteiger partial charge in [0.15, 0.2) is 5.85 Å². The van der Waals surface area contributed by atoms with Gasteiger partial charge in [0.25, 0.3) is 0 Å². The van der Waals surface area contributed by atoms with Crippen molar-refractivity contribution < 1.29 is 23.5 Å². The Morgan fingerprint density at radius 3 is 1.87 bits per heavy atom. The first-order valence-corrected chi connectivity index (χ1v) is 6.57. The van der Waals surface area contributed by atoms with Gasteiger partial charge in [-0.3, -0.25) is 4.57 Å². The minimum atomic E-state index is -3.42. The Hall–Kier alpha value is 0.0700. The van der Waals surface area contributed by atoms with Crippen LogP contribution in [0.15, 0.2) is 0 Å². The van der Waals surface area contributed by atoms with Gasteiger partial charge in [0.2, 0.25) is 0 Å². The lowest BCUT2D eigenvalue weighted by Crippen LogP contribution is -2.38. The average Bonchev–Trinajstić information content (AvgIpc) is 2.02. The largest absolute Gasteiger partial charge is 0.387 e. The molecule has 0 aromatic heterocycles. The van der Waals surface area contributed by atoms with Crippen LogP contribution < -0.4 is 0 Å². The lowest BCUT2D eigenvalue weighted by atomic mass is 10.2. The average molecular weight is 240 g/mol. The van der Waals surface area contributed by atoms with Crippen molar-refractivity contribution in [2.24, 2.45) is 0 Å². The first-order chi connectivity index (χ1) is 6.81. The van der Waals surface area contributed by atoms with Gasteiger partial charge in [-0.2, -0.15) is 0 Å². The maximum Gasteiger partial charge on any atom is 0.362 e. The molecule has 0 amide bonds. The van der Waals surface area contributed by atoms with E-state index in [2.05, 4.69) is 0 Å². The zero-order valence-electron chi connectivity index (χ0n) is 10.0. The molecule has 0 radical (unpaired) electrons. The molecule has 0 rings (SSSR count). The van der Waals surface area contributed by atoms with Gasteiger partial charge in [0.1, 0.15) is 0 Å². The van der Waals surface area contributed by atoms with Crippen molar-refractivity contribution in [3.8, 4) is 0 Å². The van der Waals surface area contributed by atoms with Crippen molar-refractivity contribution in [2.75, 3.05) is 20.3 Å². The summed E-state index contributed by atoms with van der Waals surface area (Å²) in [5.74, 6) is -0.982. The van der Waals surface area contributed by atoms with Crippen LogP contribution in [-0.4, -0.2) is 36.9 Å². The number of hydrogen-bond donors (Lipinski definition) is 1. The molecule has 0 heterocycles. The van der Waals surface area contributed by atoms with E-state index >= 15 is 0 Å². The van der Waals surface area contributed by atoms with Crippen LogP contribution in [0.5, 0.6) is 0 Å². The topological polar surface area (TPSA) is 65.0 Å². The summed E-state index contributed by atoms with van der Waals surface area (Å²) < 4.78 is 27.5. The SMILES string of the molecule is CCOP(=O)(OCC)C(OC)C(C)(C)O. The van der Waals surface area contributed by atoms with Gasteiger partial charge < -0.3 is 18.9 Å². The maximum absolute atomic E-state index is 12.3. The van der Waals surface area contributed by atoms with Crippen LogP contribution in [0.3, 0.4) is 0 Å². The fraction of sp³-hybridized carbons (Fsp3) is 1.00. The van der Waals surface area contributed by atoms with E-state index in [1.54, 1.807) is 13.8 Å². The van der Waals surface area contributed by atoms with Crippen molar-refractivity contribution in [3.63, 3.8) is 0 Å². The lowest BCUT2D eigenvalue weighted by molar-refractivity contribution is -0.0431. The summed E-state index contributed by atoms with van der Waals surface area (Å²) in [4.78, 5) is 0. The van der Waals surface area contributed by atoms with Crippen molar-refractivity contribution in [3.05, 3.63) is 0 Å². The molecule has 0 aliphatic heterocycles. The molecular weight excluding hydrogens is 219 g/mol. The van der Waals surface area contributed by atoms with Crippen LogP contribution in [0.4, 0.5) is 0 Å². The molecule has 0 saturated heterocycles. The van der Waals surface area contributed by atoms with Crippen molar-refractivity contribution in [1.82, 2.24) is 0 Å². The monoisotopic (exact) mass is 240 g/mol. The highest BCUT2D eigenvalue weighted by Crippen LogP contribution is 2.56. The van der Waals surface area contributed by atoms with E-state index < -0.39 is 19.0 Å². The van der Waals surface area contributed by atoms with Gasteiger partial charge in [-0.05, 0) is 27.7 Å². The van der Waals surface area contributed by atoms with E-state index in [-0.39, 0.29) is 13.2 Å². The zero-order chi connectivity index (χ0) is 12.1. The third-order valence-electron chi connectivity index (χ3n) is 1.73. The first-order valence-electron chi connectivity index (χ1n) is 4.95. The molecule has 0 aromatic rings. The van der Waals surface area contributed by atoms with Crippen LogP contribution >= 0.6 is 7.60 Å². The van der Waals surface area contributed by atoms with E-state index in [9.17, 15) is 9.67 Å². The number of ether oxygens (including phenoxy) is 1. The second kappa shape index (κ2) is 5.97. The van der Waals surface area contributed by atoms with Gasteiger partial charge in [-0.25, -0.2) is 0 Å². The van der Waals surface area contributed by atoms with Crippen molar-refractivity contribution >= 4 is 7.60 Å². The molecule has 0 aliphatic carbocycles. The molecule has 0 spiro atoms. The van der Waals surface area contributed by atoms with E-state index in [4.69, 9.17) is 13.8 Å². The third-order valence-corrected chi connectivity index (χ3v) is 4.39. The maximum atomic E-state index is 12.3. The minimum Gasteiger partial charge on any atom is -0.387 e. The lowest BCUT2D eigenvalue weighted by Gasteiger charge is -2.32. The smallest absolute Gasteiger partial charge is 0.362 e. The van der Waals surface area contributed by atoms with Gasteiger partial charge in [-0.1, -0.05) is 0 Å². The zero-order valence-corrected chi connectivity index (χ0v) is 10.9. The Kier molecular flexibility index (Phi) is 5.99. The van der Waals surface area contributed by atoms with Gasteiger partial charge in [0, 0.05) is 7.11 Å². The Labute approximate surface area is 91.3 Å². The second-order valence-corrected chi connectivity index (χ2v) is 5.68. The normalized spacial score (nSPS) is 15.3. The second-order valence-electron chi connectivity index (χ2n) is 3.62. The molecule has 0 aliphatic rings. The van der Waals surface area contributed by atoms with E-state index in [1.807, 2.05) is 0 Å². The molecule has 0 saturated carbocycles. The highest BCUT2D eigenvalue weighted by molar-refractivity contribution is 7.54. The van der Waals surface area contributed by atoms with Gasteiger partial charge in [-0.15, -0.1) is 0 Å². The third kappa shape index (κ3) is 4.21. The predicted molar refractivity (Wildman–Crippen MR) is 58.0 cm³/mol. The fourth-order valence-electron chi connectivity index (χ4n) is 1.34. The molecule has 0 fully saturated rings. The van der Waals surface area contributed by atoms with Gasteiger partial charge in [0.05, 0.1) is 18.8 Å². The quantitative estimate of drug-likeness (QED) is 0.689. The summed E-state index contributed by atoms with van der Waals surface area (Å²) in [6.07, 6.45) is 0. The predicted octanol–water partition coefficient (Wildman–Crippen LogP) is 2.00. The number of rotatable bonds is 7. The minimum absolute atomic E-state index is 0.243. The van der Waals surface area contributed by atoms with E-state index in [0.29, 0.717) is 0 Å². The highest BCUT2D eigenvalue weighted by atomic mass is 31.2. The fourth-order valence-corrected chi connectivity index (χ4v) is 3.43. The molecule has 0 bridgehead atoms. The van der Waals surface area contributed by atoms with Crippen LogP contribution in [-0.2, 0) is 18.3 Å². The summed E-state index contributed by atoms with van der Waals surface area (Å²) in [5, 5.41) is 9.81. The summed E-state index contributed by atoms with van der Waals surface area (Å²) in [6.45, 7) is 6.92. The van der Waals surface area contributed by atoms with Crippen LogP contribution in [0.2, 0.25) is 0 Å². The number of aliphatic hydroxyl groups is 1. The highest BCUT2D eigenvalue weighted by Gasteiger charge is 2.45. The summed E-state index contributed by atoms with van der Waals surface area (Å²) in [7, 11) is -2.05. The summed E-state index contributed by atoms with van der Waals surface area (Å²) >= 11 is 0. The van der Waals surface area contributed by atoms with Crippen molar-refractivity contribution in [1.29, 1.82) is 0 Å². The van der Waals surface area contributed by atoms with E-state index in [1.165, 1.54) is 21.0 Å². The van der Waals surface area contributed by atoms with Crippen LogP contribution in [0.1, 0.15) is 27.7 Å². The molecule has 15 heavy (non-hydrogen) atoms. The Morgan fingerprint density at radius 1 is 1.27 bits per heavy atom. The molecule has 92 valence electrons. The summed E-state index contributed by atoms with van der Waals surface area (Å²) in [6, 6.07) is 0. The molecule has 5 nitrogen and oxygen atoms in total. The van der Waals surface area contributed by atoms with Gasteiger partial charge >= 0.3 is 7.60 Å².